The Balaban J connectivity index is 1.79. The molecule has 1 saturated heterocycles. The van der Waals surface area contributed by atoms with Crippen molar-refractivity contribution in [3.63, 3.8) is 0 Å². The van der Waals surface area contributed by atoms with Crippen molar-refractivity contribution < 1.29 is 23.8 Å². The molecule has 1 fully saturated rings. The Kier molecular flexibility index (Phi) is 7.25. The lowest BCUT2D eigenvalue weighted by atomic mass is 10.1. The summed E-state index contributed by atoms with van der Waals surface area (Å²) in [5, 5.41) is 0. The number of esters is 1. The smallest absolute Gasteiger partial charge is 0.310 e. The van der Waals surface area contributed by atoms with Gasteiger partial charge < -0.3 is 19.1 Å². The first-order valence-electron chi connectivity index (χ1n) is 8.78. The van der Waals surface area contributed by atoms with Gasteiger partial charge >= 0.3 is 5.97 Å². The van der Waals surface area contributed by atoms with Crippen molar-refractivity contribution in [2.24, 2.45) is 0 Å². The molecule has 1 aliphatic heterocycles. The van der Waals surface area contributed by atoms with Crippen molar-refractivity contribution in [3.05, 3.63) is 29.8 Å². The predicted octanol–water partition coefficient (Wildman–Crippen LogP) is 2.20. The largest absolute Gasteiger partial charge is 0.491 e. The minimum atomic E-state index is -0.421. The molecular weight excluding hydrogens is 322 g/mol. The Labute approximate surface area is 149 Å². The zero-order chi connectivity index (χ0) is 18.2. The summed E-state index contributed by atoms with van der Waals surface area (Å²) in [5.41, 5.74) is 0.799. The molecule has 0 aliphatic carbocycles. The number of benzene rings is 1. The van der Waals surface area contributed by atoms with E-state index in [4.69, 9.17) is 14.2 Å². The van der Waals surface area contributed by atoms with Crippen LogP contribution in [-0.2, 0) is 25.5 Å². The lowest BCUT2D eigenvalue weighted by Gasteiger charge is -2.32. The molecule has 1 aliphatic rings. The molecule has 0 N–H and O–H groups in total. The highest BCUT2D eigenvalue weighted by Gasteiger charge is 2.23. The van der Waals surface area contributed by atoms with Crippen molar-refractivity contribution in [1.82, 2.24) is 4.90 Å². The fourth-order valence-electron chi connectivity index (χ4n) is 2.64. The van der Waals surface area contributed by atoms with E-state index in [2.05, 4.69) is 0 Å². The quantitative estimate of drug-likeness (QED) is 0.706. The summed E-state index contributed by atoms with van der Waals surface area (Å²) in [6.45, 7) is 7.32. The van der Waals surface area contributed by atoms with Gasteiger partial charge in [-0.25, -0.2) is 0 Å². The molecule has 0 radical (unpaired) electrons. The third-order valence-electron chi connectivity index (χ3n) is 3.92. The Bertz CT molecular complexity index is 587. The van der Waals surface area contributed by atoms with E-state index in [1.165, 1.54) is 0 Å². The van der Waals surface area contributed by atoms with Gasteiger partial charge in [-0.3, -0.25) is 9.59 Å². The highest BCUT2D eigenvalue weighted by Crippen LogP contribution is 2.15. The van der Waals surface area contributed by atoms with E-state index in [1.54, 1.807) is 4.90 Å². The van der Waals surface area contributed by atoms with E-state index in [1.807, 2.05) is 45.0 Å². The van der Waals surface area contributed by atoms with Crippen LogP contribution in [0.5, 0.6) is 5.75 Å². The number of hydrogen-bond donors (Lipinski definition) is 0. The van der Waals surface area contributed by atoms with Gasteiger partial charge in [0.15, 0.2) is 6.61 Å². The summed E-state index contributed by atoms with van der Waals surface area (Å²) in [6.07, 6.45) is 1.11. The molecule has 0 spiro atoms. The van der Waals surface area contributed by atoms with Crippen LogP contribution in [-0.4, -0.2) is 55.3 Å². The van der Waals surface area contributed by atoms with Gasteiger partial charge in [0.2, 0.25) is 0 Å². The first kappa shape index (κ1) is 19.2. The number of rotatable bonds is 7. The molecule has 1 amide bonds. The average molecular weight is 349 g/mol. The predicted molar refractivity (Wildman–Crippen MR) is 93.5 cm³/mol. The summed E-state index contributed by atoms with van der Waals surface area (Å²) in [5.74, 6) is 0.123. The Hall–Kier alpha value is -2.08. The van der Waals surface area contributed by atoms with Crippen LogP contribution in [0.2, 0.25) is 0 Å². The second-order valence-corrected chi connectivity index (χ2v) is 6.39. The minimum absolute atomic E-state index is 0.0668. The molecule has 1 unspecified atom stereocenters. The van der Waals surface area contributed by atoms with Gasteiger partial charge in [-0.05, 0) is 38.0 Å². The topological polar surface area (TPSA) is 65.1 Å². The summed E-state index contributed by atoms with van der Waals surface area (Å²) in [7, 11) is 0. The average Bonchev–Trinajstić information content (AvgIpc) is 2.59. The Morgan fingerprint density at radius 3 is 2.88 bits per heavy atom. The maximum Gasteiger partial charge on any atom is 0.310 e. The van der Waals surface area contributed by atoms with Crippen LogP contribution in [0, 0.1) is 0 Å². The molecule has 1 atom stereocenters. The van der Waals surface area contributed by atoms with E-state index in [9.17, 15) is 9.59 Å². The van der Waals surface area contributed by atoms with E-state index >= 15 is 0 Å². The van der Waals surface area contributed by atoms with Crippen LogP contribution in [0.15, 0.2) is 24.3 Å². The SMILES string of the molecule is CCC1CN(C(=O)COC(=O)Cc2cccc(OC(C)C)c2)CCO1. The standard InChI is InChI=1S/C19H27NO5/c1-4-16-12-20(8-9-23-16)18(21)13-24-19(22)11-15-6-5-7-17(10-15)25-14(2)3/h5-7,10,14,16H,4,8-9,11-13H2,1-3H3. The Morgan fingerprint density at radius 2 is 2.16 bits per heavy atom. The van der Waals surface area contributed by atoms with Crippen LogP contribution in [0.3, 0.4) is 0 Å². The van der Waals surface area contributed by atoms with Crippen LogP contribution in [0.25, 0.3) is 0 Å². The molecule has 25 heavy (non-hydrogen) atoms. The van der Waals surface area contributed by atoms with E-state index in [0.717, 1.165) is 17.7 Å². The second-order valence-electron chi connectivity index (χ2n) is 6.39. The molecular formula is C19H27NO5. The molecule has 1 aromatic rings. The summed E-state index contributed by atoms with van der Waals surface area (Å²) in [4.78, 5) is 25.9. The highest BCUT2D eigenvalue weighted by atomic mass is 16.5. The van der Waals surface area contributed by atoms with E-state index in [-0.39, 0.29) is 31.1 Å². The number of ether oxygens (including phenoxy) is 3. The number of hydrogen-bond acceptors (Lipinski definition) is 5. The zero-order valence-electron chi connectivity index (χ0n) is 15.2. The van der Waals surface area contributed by atoms with Gasteiger partial charge in [0, 0.05) is 13.1 Å². The van der Waals surface area contributed by atoms with Crippen molar-refractivity contribution >= 4 is 11.9 Å². The number of nitrogens with zero attached hydrogens (tertiary/aromatic N) is 1. The molecule has 0 saturated carbocycles. The minimum Gasteiger partial charge on any atom is -0.491 e. The van der Waals surface area contributed by atoms with Crippen LogP contribution < -0.4 is 4.74 Å². The maximum atomic E-state index is 12.2. The van der Waals surface area contributed by atoms with Crippen molar-refractivity contribution in [1.29, 1.82) is 0 Å². The molecule has 138 valence electrons. The highest BCUT2D eigenvalue weighted by molar-refractivity contribution is 5.81. The second kappa shape index (κ2) is 9.42. The van der Waals surface area contributed by atoms with Gasteiger partial charge in [-0.1, -0.05) is 19.1 Å². The molecule has 2 rings (SSSR count). The van der Waals surface area contributed by atoms with Gasteiger partial charge in [-0.15, -0.1) is 0 Å². The van der Waals surface area contributed by atoms with Crippen LogP contribution >= 0.6 is 0 Å². The van der Waals surface area contributed by atoms with E-state index in [0.29, 0.717) is 19.7 Å². The normalized spacial score (nSPS) is 17.4. The fourth-order valence-corrected chi connectivity index (χ4v) is 2.64. The maximum absolute atomic E-state index is 12.2. The van der Waals surface area contributed by atoms with Gasteiger partial charge in [0.25, 0.3) is 5.91 Å². The van der Waals surface area contributed by atoms with Crippen molar-refractivity contribution in [2.75, 3.05) is 26.3 Å². The first-order chi connectivity index (χ1) is 12.0. The summed E-state index contributed by atoms with van der Waals surface area (Å²) >= 11 is 0. The van der Waals surface area contributed by atoms with Gasteiger partial charge in [0.05, 0.1) is 25.2 Å². The first-order valence-corrected chi connectivity index (χ1v) is 8.78. The van der Waals surface area contributed by atoms with E-state index < -0.39 is 5.97 Å². The van der Waals surface area contributed by atoms with Gasteiger partial charge in [0.1, 0.15) is 5.75 Å². The molecule has 6 nitrogen and oxygen atoms in total. The lowest BCUT2D eigenvalue weighted by molar-refractivity contribution is -0.154. The zero-order valence-corrected chi connectivity index (χ0v) is 15.2. The van der Waals surface area contributed by atoms with Crippen LogP contribution in [0.1, 0.15) is 32.8 Å². The third-order valence-corrected chi connectivity index (χ3v) is 3.92. The molecule has 1 aromatic carbocycles. The molecule has 0 bridgehead atoms. The third kappa shape index (κ3) is 6.38. The monoisotopic (exact) mass is 349 g/mol. The number of morpholine rings is 1. The molecule has 0 aromatic heterocycles. The number of carbonyl (C=O) groups excluding carboxylic acids is 2. The molecule has 6 heteroatoms. The molecule has 1 heterocycles. The lowest BCUT2D eigenvalue weighted by Crippen LogP contribution is -2.46. The Morgan fingerprint density at radius 1 is 1.36 bits per heavy atom. The van der Waals surface area contributed by atoms with Crippen molar-refractivity contribution in [3.8, 4) is 5.75 Å². The fraction of sp³-hybridized carbons (Fsp3) is 0.579. The number of amides is 1. The van der Waals surface area contributed by atoms with Gasteiger partial charge in [-0.2, -0.15) is 0 Å². The number of carbonyl (C=O) groups is 2. The van der Waals surface area contributed by atoms with Crippen molar-refractivity contribution in [2.45, 2.75) is 45.8 Å². The van der Waals surface area contributed by atoms with Crippen LogP contribution in [0.4, 0.5) is 0 Å². The summed E-state index contributed by atoms with van der Waals surface area (Å²) in [6, 6.07) is 7.34. The summed E-state index contributed by atoms with van der Waals surface area (Å²) < 4.78 is 16.3.